The number of carbonyl (C=O) groups is 1. The van der Waals surface area contributed by atoms with Crippen molar-refractivity contribution in [1.82, 2.24) is 9.88 Å². The van der Waals surface area contributed by atoms with E-state index in [9.17, 15) is 9.18 Å². The highest BCUT2D eigenvalue weighted by molar-refractivity contribution is 5.90. The number of aromatic nitrogens is 1. The van der Waals surface area contributed by atoms with Crippen LogP contribution < -0.4 is 16.0 Å². The Hall–Kier alpha value is -3.83. The number of nitrogens with zero attached hydrogens (tertiary/aromatic N) is 3. The van der Waals surface area contributed by atoms with Crippen LogP contribution in [0.3, 0.4) is 0 Å². The normalized spacial score (nSPS) is 13.6. The SMILES string of the molecule is COC(=O)c1cc(-c2ccc(C#N)cc2)cn1Cc1cc(N2CCNCC2)c(F)cc1N. The molecule has 32 heavy (non-hydrogen) atoms. The monoisotopic (exact) mass is 433 g/mol. The maximum Gasteiger partial charge on any atom is 0.354 e. The summed E-state index contributed by atoms with van der Waals surface area (Å²) in [6, 6.07) is 14.0. The van der Waals surface area contributed by atoms with Gasteiger partial charge in [-0.3, -0.25) is 0 Å². The molecule has 1 aliphatic rings. The summed E-state index contributed by atoms with van der Waals surface area (Å²) in [7, 11) is 1.33. The number of hydrogen-bond acceptors (Lipinski definition) is 6. The maximum absolute atomic E-state index is 14.7. The molecule has 2 aromatic carbocycles. The van der Waals surface area contributed by atoms with Crippen molar-refractivity contribution in [1.29, 1.82) is 5.26 Å². The van der Waals surface area contributed by atoms with Gasteiger partial charge < -0.3 is 25.3 Å². The number of anilines is 2. The number of nitrogens with one attached hydrogen (secondary N) is 1. The Balaban J connectivity index is 1.70. The van der Waals surface area contributed by atoms with Crippen molar-refractivity contribution in [3.8, 4) is 17.2 Å². The second-order valence-corrected chi connectivity index (χ2v) is 7.66. The van der Waals surface area contributed by atoms with Crippen LogP contribution in [0, 0.1) is 17.1 Å². The fourth-order valence-electron chi connectivity index (χ4n) is 3.90. The standard InChI is InChI=1S/C24H24FN5O2/c1-32-24(31)23-10-18(17-4-2-16(13-26)3-5-17)14-30(23)15-19-11-22(20(25)12-21(19)27)29-8-6-28-7-9-29/h2-5,10-12,14,28H,6-9,15,27H2,1H3. The van der Waals surface area contributed by atoms with Gasteiger partial charge in [0.15, 0.2) is 0 Å². The Morgan fingerprint density at radius 2 is 1.91 bits per heavy atom. The number of esters is 1. The molecule has 8 heteroatoms. The quantitative estimate of drug-likeness (QED) is 0.474. The van der Waals surface area contributed by atoms with Crippen LogP contribution in [-0.4, -0.2) is 43.8 Å². The number of ether oxygens (including phenoxy) is 1. The minimum absolute atomic E-state index is 0.284. The number of nitrogens with two attached hydrogens (primary N) is 1. The van der Waals surface area contributed by atoms with Gasteiger partial charge in [0, 0.05) is 50.2 Å². The molecule has 3 N–H and O–H groups in total. The molecule has 1 aliphatic heterocycles. The number of hydrogen-bond donors (Lipinski definition) is 2. The highest BCUT2D eigenvalue weighted by Crippen LogP contribution is 2.29. The highest BCUT2D eigenvalue weighted by Gasteiger charge is 2.20. The predicted octanol–water partition coefficient (Wildman–Crippen LogP) is 2.99. The molecule has 0 spiro atoms. The number of carbonyl (C=O) groups excluding carboxylic acids is 1. The van der Waals surface area contributed by atoms with Crippen molar-refractivity contribution in [2.75, 3.05) is 43.9 Å². The largest absolute Gasteiger partial charge is 0.464 e. The van der Waals surface area contributed by atoms with Crippen LogP contribution in [0.25, 0.3) is 11.1 Å². The molecule has 0 aliphatic carbocycles. The summed E-state index contributed by atoms with van der Waals surface area (Å²) in [6.07, 6.45) is 1.83. The van der Waals surface area contributed by atoms with Gasteiger partial charge in [-0.15, -0.1) is 0 Å². The van der Waals surface area contributed by atoms with E-state index < -0.39 is 5.97 Å². The van der Waals surface area contributed by atoms with Crippen LogP contribution in [0.15, 0.2) is 48.7 Å². The van der Waals surface area contributed by atoms with Gasteiger partial charge in [0.2, 0.25) is 0 Å². The van der Waals surface area contributed by atoms with Crippen LogP contribution >= 0.6 is 0 Å². The van der Waals surface area contributed by atoms with Crippen LogP contribution in [-0.2, 0) is 11.3 Å². The van der Waals surface area contributed by atoms with Gasteiger partial charge in [-0.2, -0.15) is 5.26 Å². The molecule has 0 bridgehead atoms. The smallest absolute Gasteiger partial charge is 0.354 e. The molecule has 0 unspecified atom stereocenters. The van der Waals surface area contributed by atoms with Crippen molar-refractivity contribution in [2.45, 2.75) is 6.54 Å². The average molecular weight is 433 g/mol. The molecule has 2 heterocycles. The third-order valence-corrected chi connectivity index (χ3v) is 5.65. The van der Waals surface area contributed by atoms with Gasteiger partial charge in [-0.25, -0.2) is 9.18 Å². The second kappa shape index (κ2) is 9.12. The lowest BCUT2D eigenvalue weighted by atomic mass is 10.1. The summed E-state index contributed by atoms with van der Waals surface area (Å²) in [4.78, 5) is 14.4. The molecule has 1 aromatic heterocycles. The summed E-state index contributed by atoms with van der Waals surface area (Å²) < 4.78 is 21.4. The van der Waals surface area contributed by atoms with E-state index in [1.165, 1.54) is 13.2 Å². The molecule has 0 atom stereocenters. The summed E-state index contributed by atoms with van der Waals surface area (Å²) in [5.41, 5.74) is 10.3. The Labute approximate surface area is 185 Å². The van der Waals surface area contributed by atoms with Gasteiger partial charge in [0.1, 0.15) is 11.5 Å². The first-order valence-corrected chi connectivity index (χ1v) is 10.3. The first kappa shape index (κ1) is 21.4. The molecule has 7 nitrogen and oxygen atoms in total. The molecule has 0 amide bonds. The lowest BCUT2D eigenvalue weighted by Gasteiger charge is -2.30. The first-order valence-electron chi connectivity index (χ1n) is 10.3. The number of methoxy groups -OCH3 is 1. The van der Waals surface area contributed by atoms with E-state index in [4.69, 9.17) is 15.7 Å². The molecule has 0 radical (unpaired) electrons. The Morgan fingerprint density at radius 3 is 2.56 bits per heavy atom. The van der Waals surface area contributed by atoms with Crippen LogP contribution in [0.4, 0.5) is 15.8 Å². The third-order valence-electron chi connectivity index (χ3n) is 5.65. The van der Waals surface area contributed by atoms with Crippen molar-refractivity contribution in [3.63, 3.8) is 0 Å². The number of benzene rings is 2. The van der Waals surface area contributed by atoms with Crippen LogP contribution in [0.5, 0.6) is 0 Å². The van der Waals surface area contributed by atoms with E-state index in [1.54, 1.807) is 28.8 Å². The van der Waals surface area contributed by atoms with E-state index in [0.717, 1.165) is 24.2 Å². The first-order chi connectivity index (χ1) is 15.5. The minimum atomic E-state index is -0.479. The van der Waals surface area contributed by atoms with Crippen molar-refractivity contribution >= 4 is 17.3 Å². The molecule has 1 fully saturated rings. The summed E-state index contributed by atoms with van der Waals surface area (Å²) in [5, 5.41) is 12.3. The second-order valence-electron chi connectivity index (χ2n) is 7.66. The van der Waals surface area contributed by atoms with Gasteiger partial charge in [0.05, 0.1) is 24.4 Å². The van der Waals surface area contributed by atoms with Crippen molar-refractivity contribution in [2.24, 2.45) is 0 Å². The van der Waals surface area contributed by atoms with Gasteiger partial charge in [-0.05, 0) is 41.5 Å². The molecule has 3 aromatic rings. The molecule has 1 saturated heterocycles. The lowest BCUT2D eigenvalue weighted by molar-refractivity contribution is 0.0589. The topological polar surface area (TPSA) is 96.3 Å². The minimum Gasteiger partial charge on any atom is -0.464 e. The third kappa shape index (κ3) is 4.29. The van der Waals surface area contributed by atoms with Gasteiger partial charge in [-0.1, -0.05) is 12.1 Å². The van der Waals surface area contributed by atoms with E-state index in [-0.39, 0.29) is 12.4 Å². The fraction of sp³-hybridized carbons (Fsp3) is 0.250. The predicted molar refractivity (Wildman–Crippen MR) is 121 cm³/mol. The summed E-state index contributed by atoms with van der Waals surface area (Å²) >= 11 is 0. The Bertz CT molecular complexity index is 1170. The number of halogens is 1. The Morgan fingerprint density at radius 1 is 1.19 bits per heavy atom. The summed E-state index contributed by atoms with van der Waals surface area (Å²) in [5.74, 6) is -0.833. The molecular formula is C24H24FN5O2. The van der Waals surface area contributed by atoms with Crippen molar-refractivity contribution in [3.05, 3.63) is 71.3 Å². The average Bonchev–Trinajstić information content (AvgIpc) is 3.24. The number of nitriles is 1. The van der Waals surface area contributed by atoms with Gasteiger partial charge in [0.25, 0.3) is 0 Å². The van der Waals surface area contributed by atoms with E-state index >= 15 is 0 Å². The van der Waals surface area contributed by atoms with E-state index in [1.807, 2.05) is 23.2 Å². The fourth-order valence-corrected chi connectivity index (χ4v) is 3.90. The van der Waals surface area contributed by atoms with Crippen LogP contribution in [0.1, 0.15) is 21.6 Å². The van der Waals surface area contributed by atoms with Crippen LogP contribution in [0.2, 0.25) is 0 Å². The molecule has 4 rings (SSSR count). The lowest BCUT2D eigenvalue weighted by Crippen LogP contribution is -2.44. The zero-order valence-electron chi connectivity index (χ0n) is 17.8. The van der Waals surface area contributed by atoms with Gasteiger partial charge >= 0.3 is 5.97 Å². The zero-order chi connectivity index (χ0) is 22.7. The number of rotatable bonds is 5. The molecule has 0 saturated carbocycles. The van der Waals surface area contributed by atoms with Crippen molar-refractivity contribution < 1.29 is 13.9 Å². The molecule has 164 valence electrons. The van der Waals surface area contributed by atoms with E-state index in [0.29, 0.717) is 41.3 Å². The zero-order valence-corrected chi connectivity index (χ0v) is 17.8. The van der Waals surface area contributed by atoms with E-state index in [2.05, 4.69) is 11.4 Å². The highest BCUT2D eigenvalue weighted by atomic mass is 19.1. The Kier molecular flexibility index (Phi) is 6.10. The molecular weight excluding hydrogens is 409 g/mol. The number of piperazine rings is 1. The maximum atomic E-state index is 14.7. The summed E-state index contributed by atoms with van der Waals surface area (Å²) in [6.45, 7) is 3.28. The number of nitrogen functional groups attached to an aromatic ring is 1.